The molecule has 0 saturated heterocycles. The van der Waals surface area contributed by atoms with E-state index in [2.05, 4.69) is 60.5 Å². The van der Waals surface area contributed by atoms with Crippen molar-refractivity contribution in [1.29, 1.82) is 0 Å². The molecule has 0 fully saturated rings. The summed E-state index contributed by atoms with van der Waals surface area (Å²) in [5.74, 6) is 2.20. The molecule has 0 saturated carbocycles. The minimum Gasteiger partial charge on any atom is -0.339 e. The van der Waals surface area contributed by atoms with Gasteiger partial charge in [0.05, 0.1) is 11.8 Å². The molecule has 112 valence electrons. The normalized spacial score (nSPS) is 19.7. The summed E-state index contributed by atoms with van der Waals surface area (Å²) in [6.45, 7) is 7.42. The summed E-state index contributed by atoms with van der Waals surface area (Å²) in [5, 5.41) is 7.68. The molecule has 1 aromatic heterocycles. The molecule has 4 nitrogen and oxygen atoms in total. The molecule has 1 aliphatic carbocycles. The third kappa shape index (κ3) is 2.60. The topological polar surface area (TPSA) is 51.0 Å². The molecule has 0 spiro atoms. The van der Waals surface area contributed by atoms with Crippen molar-refractivity contribution in [2.75, 3.05) is 6.54 Å². The maximum Gasteiger partial charge on any atom is 0.231 e. The summed E-state index contributed by atoms with van der Waals surface area (Å²) in [6, 6.07) is 8.85. The molecule has 3 unspecified atom stereocenters. The van der Waals surface area contributed by atoms with Crippen LogP contribution in [0.15, 0.2) is 28.8 Å². The zero-order chi connectivity index (χ0) is 14.8. The summed E-state index contributed by atoms with van der Waals surface area (Å²) >= 11 is 0. The zero-order valence-corrected chi connectivity index (χ0v) is 13.0. The average molecular weight is 285 g/mol. The predicted octanol–water partition coefficient (Wildman–Crippen LogP) is 3.25. The smallest absolute Gasteiger partial charge is 0.231 e. The van der Waals surface area contributed by atoms with E-state index < -0.39 is 0 Å². The molecule has 3 atom stereocenters. The van der Waals surface area contributed by atoms with Crippen LogP contribution in [0.2, 0.25) is 0 Å². The van der Waals surface area contributed by atoms with E-state index in [0.29, 0.717) is 12.0 Å². The minimum absolute atomic E-state index is 0.279. The Labute approximate surface area is 126 Å². The molecule has 1 heterocycles. The Morgan fingerprint density at radius 2 is 2.14 bits per heavy atom. The molecule has 4 heteroatoms. The molecule has 21 heavy (non-hydrogen) atoms. The molecule has 0 aliphatic heterocycles. The lowest BCUT2D eigenvalue weighted by Crippen LogP contribution is -2.32. The van der Waals surface area contributed by atoms with Crippen molar-refractivity contribution in [3.05, 3.63) is 47.1 Å². The van der Waals surface area contributed by atoms with Crippen molar-refractivity contribution in [2.24, 2.45) is 0 Å². The fraction of sp³-hybridized carbons (Fsp3) is 0.529. The number of benzene rings is 1. The van der Waals surface area contributed by atoms with E-state index in [1.54, 1.807) is 0 Å². The highest BCUT2D eigenvalue weighted by Crippen LogP contribution is 2.39. The number of likely N-dealkylation sites (N-methyl/N-ethyl adjacent to an activating group) is 1. The highest BCUT2D eigenvalue weighted by atomic mass is 16.5. The lowest BCUT2D eigenvalue weighted by Gasteiger charge is -2.27. The van der Waals surface area contributed by atoms with Gasteiger partial charge in [-0.05, 0) is 37.4 Å². The van der Waals surface area contributed by atoms with Crippen molar-refractivity contribution in [1.82, 2.24) is 15.5 Å². The fourth-order valence-corrected chi connectivity index (χ4v) is 3.23. The van der Waals surface area contributed by atoms with Crippen LogP contribution >= 0.6 is 0 Å². The first-order valence-electron chi connectivity index (χ1n) is 7.89. The van der Waals surface area contributed by atoms with Crippen LogP contribution in [0.3, 0.4) is 0 Å². The predicted molar refractivity (Wildman–Crippen MR) is 82.5 cm³/mol. The fourth-order valence-electron chi connectivity index (χ4n) is 3.23. The van der Waals surface area contributed by atoms with Crippen LogP contribution in [-0.2, 0) is 6.42 Å². The van der Waals surface area contributed by atoms with E-state index in [1.165, 1.54) is 11.1 Å². The molecular formula is C17H23N3O. The van der Waals surface area contributed by atoms with Crippen LogP contribution in [0.1, 0.15) is 61.9 Å². The third-order valence-corrected chi connectivity index (χ3v) is 4.51. The van der Waals surface area contributed by atoms with Gasteiger partial charge in [0.15, 0.2) is 5.82 Å². The molecular weight excluding hydrogens is 262 g/mol. The molecule has 2 aromatic rings. The largest absolute Gasteiger partial charge is 0.339 e. The zero-order valence-electron chi connectivity index (χ0n) is 13.0. The Bertz CT molecular complexity index is 608. The highest BCUT2D eigenvalue weighted by Gasteiger charge is 2.32. The SMILES string of the molecule is CCNC(C)C(CC)c1nc(C2Cc3ccccc32)no1. The summed E-state index contributed by atoms with van der Waals surface area (Å²) < 4.78 is 5.56. The lowest BCUT2D eigenvalue weighted by molar-refractivity contribution is 0.314. The van der Waals surface area contributed by atoms with E-state index >= 15 is 0 Å². The molecule has 3 rings (SSSR count). The van der Waals surface area contributed by atoms with Crippen LogP contribution in [0.5, 0.6) is 0 Å². The Morgan fingerprint density at radius 3 is 2.86 bits per heavy atom. The van der Waals surface area contributed by atoms with Crippen molar-refractivity contribution in [2.45, 2.75) is 51.5 Å². The first-order valence-corrected chi connectivity index (χ1v) is 7.89. The average Bonchev–Trinajstić information content (AvgIpc) is 2.90. The van der Waals surface area contributed by atoms with Crippen molar-refractivity contribution in [3.8, 4) is 0 Å². The first-order chi connectivity index (χ1) is 10.2. The van der Waals surface area contributed by atoms with Crippen LogP contribution in [0.25, 0.3) is 0 Å². The number of hydrogen-bond donors (Lipinski definition) is 1. The number of aromatic nitrogens is 2. The van der Waals surface area contributed by atoms with Gasteiger partial charge in [0.25, 0.3) is 0 Å². The summed E-state index contributed by atoms with van der Waals surface area (Å²) in [6.07, 6.45) is 2.02. The molecule has 1 aromatic carbocycles. The molecule has 0 bridgehead atoms. The lowest BCUT2D eigenvalue weighted by atomic mass is 9.77. The second kappa shape index (κ2) is 5.98. The van der Waals surface area contributed by atoms with Gasteiger partial charge < -0.3 is 9.84 Å². The maximum atomic E-state index is 5.56. The second-order valence-electron chi connectivity index (χ2n) is 5.81. The quantitative estimate of drug-likeness (QED) is 0.885. The van der Waals surface area contributed by atoms with Gasteiger partial charge in [-0.1, -0.05) is 43.3 Å². The van der Waals surface area contributed by atoms with Gasteiger partial charge in [0.2, 0.25) is 5.89 Å². The van der Waals surface area contributed by atoms with E-state index in [0.717, 1.165) is 31.1 Å². The van der Waals surface area contributed by atoms with E-state index in [-0.39, 0.29) is 5.92 Å². The van der Waals surface area contributed by atoms with Crippen molar-refractivity contribution < 1.29 is 4.52 Å². The summed E-state index contributed by atoms with van der Waals surface area (Å²) in [4.78, 5) is 4.69. The van der Waals surface area contributed by atoms with E-state index in [1.807, 2.05) is 0 Å². The second-order valence-corrected chi connectivity index (χ2v) is 5.81. The Morgan fingerprint density at radius 1 is 1.33 bits per heavy atom. The van der Waals surface area contributed by atoms with Gasteiger partial charge in [0.1, 0.15) is 0 Å². The summed E-state index contributed by atoms with van der Waals surface area (Å²) in [7, 11) is 0. The van der Waals surface area contributed by atoms with E-state index in [9.17, 15) is 0 Å². The molecule has 0 amide bonds. The van der Waals surface area contributed by atoms with Gasteiger partial charge >= 0.3 is 0 Å². The number of nitrogens with one attached hydrogen (secondary N) is 1. The molecule has 1 N–H and O–H groups in total. The Hall–Kier alpha value is -1.68. The number of hydrogen-bond acceptors (Lipinski definition) is 4. The van der Waals surface area contributed by atoms with Crippen LogP contribution < -0.4 is 5.32 Å². The van der Waals surface area contributed by atoms with Crippen LogP contribution in [0, 0.1) is 0 Å². The number of nitrogens with zero attached hydrogens (tertiary/aromatic N) is 2. The Kier molecular flexibility index (Phi) is 4.06. The number of rotatable bonds is 6. The molecule has 1 aliphatic rings. The standard InChI is InChI=1S/C17H23N3O/c1-4-13(11(3)18-5-2)17-19-16(20-21-17)15-10-12-8-6-7-9-14(12)15/h6-9,11,13,15,18H,4-5,10H2,1-3H3. The summed E-state index contributed by atoms with van der Waals surface area (Å²) in [5.41, 5.74) is 2.75. The Balaban J connectivity index is 1.78. The third-order valence-electron chi connectivity index (χ3n) is 4.51. The maximum absolute atomic E-state index is 5.56. The van der Waals surface area contributed by atoms with Gasteiger partial charge in [-0.3, -0.25) is 0 Å². The van der Waals surface area contributed by atoms with Gasteiger partial charge in [-0.25, -0.2) is 0 Å². The molecule has 0 radical (unpaired) electrons. The van der Waals surface area contributed by atoms with Gasteiger partial charge in [0, 0.05) is 6.04 Å². The van der Waals surface area contributed by atoms with Crippen LogP contribution in [0.4, 0.5) is 0 Å². The van der Waals surface area contributed by atoms with Crippen molar-refractivity contribution in [3.63, 3.8) is 0 Å². The van der Waals surface area contributed by atoms with Crippen LogP contribution in [-0.4, -0.2) is 22.7 Å². The van der Waals surface area contributed by atoms with Gasteiger partial charge in [-0.15, -0.1) is 0 Å². The van der Waals surface area contributed by atoms with E-state index in [4.69, 9.17) is 4.52 Å². The van der Waals surface area contributed by atoms with Crippen molar-refractivity contribution >= 4 is 0 Å². The highest BCUT2D eigenvalue weighted by molar-refractivity contribution is 5.43. The monoisotopic (exact) mass is 285 g/mol. The first kappa shape index (κ1) is 14.3. The number of fused-ring (bicyclic) bond motifs is 1. The minimum atomic E-state index is 0.279. The van der Waals surface area contributed by atoms with Gasteiger partial charge in [-0.2, -0.15) is 4.98 Å².